The molecule has 1 aromatic carbocycles. The summed E-state index contributed by atoms with van der Waals surface area (Å²) in [7, 11) is 0. The number of nitrogens with two attached hydrogens (primary N) is 1. The van der Waals surface area contributed by atoms with Crippen LogP contribution in [0.4, 0.5) is 13.2 Å². The zero-order valence-corrected chi connectivity index (χ0v) is 7.80. The van der Waals surface area contributed by atoms with Gasteiger partial charge in [0.1, 0.15) is 0 Å². The van der Waals surface area contributed by atoms with Gasteiger partial charge in [0, 0.05) is 5.56 Å². The SMILES string of the molecule is NC(=O)c1cccc(C(F)(F)F)c1C1=NN1. The monoisotopic (exact) mass is 229 g/mol. The van der Waals surface area contributed by atoms with Crippen LogP contribution in [0.2, 0.25) is 0 Å². The summed E-state index contributed by atoms with van der Waals surface area (Å²) in [4.78, 5) is 11.0. The summed E-state index contributed by atoms with van der Waals surface area (Å²) in [6.45, 7) is 0. The lowest BCUT2D eigenvalue weighted by Gasteiger charge is -2.11. The number of nitrogens with zero attached hydrogens (tertiary/aromatic N) is 1. The topological polar surface area (TPSA) is 77.4 Å². The third-order valence-corrected chi connectivity index (χ3v) is 2.10. The number of hydrogen-bond acceptors (Lipinski definition) is 3. The molecule has 0 bridgehead atoms. The van der Waals surface area contributed by atoms with Crippen molar-refractivity contribution in [2.75, 3.05) is 0 Å². The Bertz CT molecular complexity index is 493. The summed E-state index contributed by atoms with van der Waals surface area (Å²) in [6.07, 6.45) is -4.55. The van der Waals surface area contributed by atoms with Crippen LogP contribution in [-0.2, 0) is 6.18 Å². The van der Waals surface area contributed by atoms with Crippen molar-refractivity contribution in [1.29, 1.82) is 0 Å². The highest BCUT2D eigenvalue weighted by molar-refractivity contribution is 6.14. The molecule has 0 atom stereocenters. The van der Waals surface area contributed by atoms with Gasteiger partial charge in [-0.2, -0.15) is 18.3 Å². The van der Waals surface area contributed by atoms with Crippen LogP contribution in [0.5, 0.6) is 0 Å². The van der Waals surface area contributed by atoms with Crippen molar-refractivity contribution in [3.63, 3.8) is 0 Å². The number of benzene rings is 1. The molecule has 3 N–H and O–H groups in total. The van der Waals surface area contributed by atoms with E-state index in [0.717, 1.165) is 12.1 Å². The Hall–Kier alpha value is -2.05. The molecular weight excluding hydrogens is 223 g/mol. The van der Waals surface area contributed by atoms with Crippen molar-refractivity contribution in [3.05, 3.63) is 34.9 Å². The van der Waals surface area contributed by atoms with E-state index in [-0.39, 0.29) is 17.0 Å². The molecule has 84 valence electrons. The maximum atomic E-state index is 12.6. The zero-order chi connectivity index (χ0) is 11.9. The standard InChI is InChI=1S/C9H6F3N3O/c10-9(11,12)5-3-1-2-4(7(13)16)6(5)8-14-15-8/h1-3H,(H2,13,16)(H,14,15). The molecule has 1 amide bonds. The fourth-order valence-corrected chi connectivity index (χ4v) is 1.39. The van der Waals surface area contributed by atoms with Gasteiger partial charge in [0.25, 0.3) is 0 Å². The third kappa shape index (κ3) is 1.71. The first-order chi connectivity index (χ1) is 7.41. The third-order valence-electron chi connectivity index (χ3n) is 2.10. The van der Waals surface area contributed by atoms with Gasteiger partial charge in [0.15, 0.2) is 5.84 Å². The number of alkyl halides is 3. The highest BCUT2D eigenvalue weighted by Gasteiger charge is 2.38. The van der Waals surface area contributed by atoms with Crippen molar-refractivity contribution in [2.45, 2.75) is 6.18 Å². The van der Waals surface area contributed by atoms with Crippen LogP contribution in [0.1, 0.15) is 21.5 Å². The Morgan fingerprint density at radius 2 is 2.00 bits per heavy atom. The summed E-state index contributed by atoms with van der Waals surface area (Å²) in [5.74, 6) is -0.890. The first kappa shape index (κ1) is 10.5. The summed E-state index contributed by atoms with van der Waals surface area (Å²) in [5, 5.41) is 3.45. The molecule has 2 rings (SSSR count). The highest BCUT2D eigenvalue weighted by atomic mass is 19.4. The van der Waals surface area contributed by atoms with E-state index in [9.17, 15) is 18.0 Å². The average molecular weight is 229 g/mol. The smallest absolute Gasteiger partial charge is 0.366 e. The van der Waals surface area contributed by atoms with Gasteiger partial charge < -0.3 is 5.73 Å². The van der Waals surface area contributed by atoms with Crippen molar-refractivity contribution >= 4 is 11.7 Å². The Morgan fingerprint density at radius 1 is 1.38 bits per heavy atom. The molecular formula is C9H6F3N3O. The van der Waals surface area contributed by atoms with Gasteiger partial charge in [-0.3, -0.25) is 10.2 Å². The van der Waals surface area contributed by atoms with E-state index >= 15 is 0 Å². The van der Waals surface area contributed by atoms with Gasteiger partial charge in [-0.05, 0) is 12.1 Å². The van der Waals surface area contributed by atoms with E-state index < -0.39 is 17.6 Å². The first-order valence-corrected chi connectivity index (χ1v) is 4.25. The highest BCUT2D eigenvalue weighted by Crippen LogP contribution is 2.34. The number of halogens is 3. The molecule has 0 unspecified atom stereocenters. The van der Waals surface area contributed by atoms with Crippen LogP contribution in [0.15, 0.2) is 23.3 Å². The van der Waals surface area contributed by atoms with Gasteiger partial charge in [0.05, 0.1) is 11.1 Å². The lowest BCUT2D eigenvalue weighted by Crippen LogP contribution is -2.20. The number of hydrogen-bond donors (Lipinski definition) is 2. The van der Waals surface area contributed by atoms with Gasteiger partial charge in [0.2, 0.25) is 5.91 Å². The van der Waals surface area contributed by atoms with E-state index in [0.29, 0.717) is 0 Å². The Kier molecular flexibility index (Phi) is 2.11. The molecule has 0 aliphatic carbocycles. The quantitative estimate of drug-likeness (QED) is 0.795. The molecule has 7 heteroatoms. The molecule has 1 aliphatic rings. The number of hydrazone groups is 1. The van der Waals surface area contributed by atoms with Crippen molar-refractivity contribution in [3.8, 4) is 0 Å². The average Bonchev–Trinajstić information content (AvgIpc) is 2.98. The van der Waals surface area contributed by atoms with Crippen molar-refractivity contribution < 1.29 is 18.0 Å². The minimum Gasteiger partial charge on any atom is -0.366 e. The second kappa shape index (κ2) is 3.22. The lowest BCUT2D eigenvalue weighted by molar-refractivity contribution is -0.137. The van der Waals surface area contributed by atoms with Crippen LogP contribution < -0.4 is 11.2 Å². The summed E-state index contributed by atoms with van der Waals surface area (Å²) < 4.78 is 37.9. The number of amides is 1. The number of rotatable bonds is 2. The van der Waals surface area contributed by atoms with E-state index in [1.165, 1.54) is 6.07 Å². The van der Waals surface area contributed by atoms with Gasteiger partial charge in [-0.25, -0.2) is 0 Å². The maximum Gasteiger partial charge on any atom is 0.417 e. The van der Waals surface area contributed by atoms with Crippen LogP contribution in [0.25, 0.3) is 0 Å². The molecule has 1 aromatic rings. The van der Waals surface area contributed by atoms with E-state index in [1.54, 1.807) is 0 Å². The number of amidine groups is 1. The minimum atomic E-state index is -4.55. The predicted molar refractivity (Wildman–Crippen MR) is 49.6 cm³/mol. The second-order valence-electron chi connectivity index (χ2n) is 3.16. The Balaban J connectivity index is 2.66. The zero-order valence-electron chi connectivity index (χ0n) is 7.80. The maximum absolute atomic E-state index is 12.6. The summed E-state index contributed by atoms with van der Waals surface area (Å²) >= 11 is 0. The van der Waals surface area contributed by atoms with Crippen molar-refractivity contribution in [2.24, 2.45) is 10.8 Å². The Morgan fingerprint density at radius 3 is 2.44 bits per heavy atom. The van der Waals surface area contributed by atoms with Crippen LogP contribution in [0.3, 0.4) is 0 Å². The number of carbonyl (C=O) groups is 1. The Labute approximate surface area is 87.9 Å². The number of nitrogens with one attached hydrogen (secondary N) is 1. The number of carbonyl (C=O) groups excluding carboxylic acids is 1. The largest absolute Gasteiger partial charge is 0.417 e. The van der Waals surface area contributed by atoms with Crippen LogP contribution in [0, 0.1) is 0 Å². The normalized spacial score (nSPS) is 14.1. The van der Waals surface area contributed by atoms with E-state index in [2.05, 4.69) is 10.5 Å². The van der Waals surface area contributed by atoms with Crippen LogP contribution >= 0.6 is 0 Å². The molecule has 0 saturated heterocycles. The van der Waals surface area contributed by atoms with Crippen LogP contribution in [-0.4, -0.2) is 11.7 Å². The molecule has 16 heavy (non-hydrogen) atoms. The van der Waals surface area contributed by atoms with Crippen molar-refractivity contribution in [1.82, 2.24) is 5.43 Å². The first-order valence-electron chi connectivity index (χ1n) is 4.25. The van der Waals surface area contributed by atoms with E-state index in [1.807, 2.05) is 0 Å². The van der Waals surface area contributed by atoms with Gasteiger partial charge in [-0.15, -0.1) is 0 Å². The molecule has 0 saturated carbocycles. The summed E-state index contributed by atoms with van der Waals surface area (Å²) in [5.41, 5.74) is 5.89. The lowest BCUT2D eigenvalue weighted by atomic mass is 10.00. The molecule has 0 aromatic heterocycles. The predicted octanol–water partition coefficient (Wildman–Crippen LogP) is 1.07. The summed E-state index contributed by atoms with van der Waals surface area (Å²) in [6, 6.07) is 3.25. The second-order valence-corrected chi connectivity index (χ2v) is 3.16. The molecule has 1 aliphatic heterocycles. The molecule has 1 heterocycles. The van der Waals surface area contributed by atoms with Gasteiger partial charge in [-0.1, -0.05) is 6.07 Å². The molecule has 0 radical (unpaired) electrons. The molecule has 0 spiro atoms. The van der Waals surface area contributed by atoms with Gasteiger partial charge >= 0.3 is 6.18 Å². The molecule has 0 fully saturated rings. The van der Waals surface area contributed by atoms with E-state index in [4.69, 9.17) is 5.73 Å². The fraction of sp³-hybridized carbons (Fsp3) is 0.111. The molecule has 4 nitrogen and oxygen atoms in total. The minimum absolute atomic E-state index is 0.0294. The fourth-order valence-electron chi connectivity index (χ4n) is 1.39. The number of primary amides is 1.